The number of rotatable bonds is 9. The third-order valence-electron chi connectivity index (χ3n) is 3.15. The normalized spacial score (nSPS) is 14.3. The Labute approximate surface area is 112 Å². The van der Waals surface area contributed by atoms with Crippen molar-refractivity contribution in [3.63, 3.8) is 0 Å². The zero-order valence-electron chi connectivity index (χ0n) is 12.7. The van der Waals surface area contributed by atoms with Gasteiger partial charge in [0.25, 0.3) is 6.47 Å². The molecule has 1 N–H and O–H groups in total. The van der Waals surface area contributed by atoms with Crippen LogP contribution in [0.4, 0.5) is 0 Å². The molecule has 0 radical (unpaired) electrons. The zero-order chi connectivity index (χ0) is 14.2. The van der Waals surface area contributed by atoms with E-state index in [1.165, 1.54) is 0 Å². The molecule has 0 saturated carbocycles. The predicted octanol–water partition coefficient (Wildman–Crippen LogP) is 3.69. The van der Waals surface area contributed by atoms with E-state index in [0.29, 0.717) is 11.9 Å². The van der Waals surface area contributed by atoms with Crippen molar-refractivity contribution in [1.82, 2.24) is 0 Å². The van der Waals surface area contributed by atoms with Gasteiger partial charge in [-0.25, -0.2) is 0 Å². The quantitative estimate of drug-likeness (QED) is 0.642. The summed E-state index contributed by atoms with van der Waals surface area (Å²) < 4.78 is 4.97. The molecule has 0 rings (SSSR count). The van der Waals surface area contributed by atoms with Crippen LogP contribution >= 0.6 is 0 Å². The molecule has 0 spiro atoms. The lowest BCUT2D eigenvalue weighted by atomic mass is 9.88. The Balaban J connectivity index is 3.65. The van der Waals surface area contributed by atoms with Gasteiger partial charge in [0.1, 0.15) is 5.60 Å². The Bertz CT molecular complexity index is 228. The van der Waals surface area contributed by atoms with Crippen LogP contribution in [-0.2, 0) is 9.53 Å². The first kappa shape index (κ1) is 17.4. The molecule has 18 heavy (non-hydrogen) atoms. The Kier molecular flexibility index (Phi) is 7.53. The fraction of sp³-hybridized carbons (Fsp3) is 0.933. The lowest BCUT2D eigenvalue weighted by Gasteiger charge is -2.23. The highest BCUT2D eigenvalue weighted by molar-refractivity contribution is 5.38. The second kappa shape index (κ2) is 7.78. The molecule has 0 aliphatic carbocycles. The van der Waals surface area contributed by atoms with Crippen LogP contribution in [0.5, 0.6) is 0 Å². The Hall–Kier alpha value is -0.570. The summed E-state index contributed by atoms with van der Waals surface area (Å²) in [5, 5.41) is 9.86. The van der Waals surface area contributed by atoms with E-state index < -0.39 is 5.60 Å². The van der Waals surface area contributed by atoms with Gasteiger partial charge in [-0.3, -0.25) is 4.79 Å². The lowest BCUT2D eigenvalue weighted by Crippen LogP contribution is -2.24. The molecular weight excluding hydrogens is 228 g/mol. The molecule has 0 saturated heterocycles. The van der Waals surface area contributed by atoms with Gasteiger partial charge in [0.05, 0.1) is 6.10 Å². The summed E-state index contributed by atoms with van der Waals surface area (Å²) in [6, 6.07) is 0. The summed E-state index contributed by atoms with van der Waals surface area (Å²) in [5.41, 5.74) is -0.0631. The van der Waals surface area contributed by atoms with Gasteiger partial charge >= 0.3 is 0 Å². The third-order valence-corrected chi connectivity index (χ3v) is 3.15. The molecule has 3 heteroatoms. The van der Waals surface area contributed by atoms with E-state index in [1.807, 2.05) is 13.8 Å². The van der Waals surface area contributed by atoms with E-state index in [2.05, 4.69) is 20.8 Å². The highest BCUT2D eigenvalue weighted by atomic mass is 16.5. The van der Waals surface area contributed by atoms with Gasteiger partial charge in [-0.2, -0.15) is 0 Å². The van der Waals surface area contributed by atoms with Crippen molar-refractivity contribution in [2.45, 2.75) is 84.8 Å². The van der Waals surface area contributed by atoms with Gasteiger partial charge in [-0.15, -0.1) is 0 Å². The number of hydrogen-bond acceptors (Lipinski definition) is 3. The molecule has 0 amide bonds. The average molecular weight is 258 g/mol. The highest BCUT2D eigenvalue weighted by Crippen LogP contribution is 2.23. The minimum Gasteiger partial charge on any atom is -0.462 e. The fourth-order valence-corrected chi connectivity index (χ4v) is 1.96. The minimum atomic E-state index is -0.410. The van der Waals surface area contributed by atoms with Gasteiger partial charge < -0.3 is 9.84 Å². The Morgan fingerprint density at radius 1 is 1.06 bits per heavy atom. The second-order valence-electron chi connectivity index (χ2n) is 6.97. The van der Waals surface area contributed by atoms with Crippen LogP contribution in [0, 0.1) is 5.41 Å². The molecule has 0 bridgehead atoms. The van der Waals surface area contributed by atoms with E-state index in [0.717, 1.165) is 38.5 Å². The van der Waals surface area contributed by atoms with Crippen LogP contribution in [0.25, 0.3) is 0 Å². The largest absolute Gasteiger partial charge is 0.462 e. The van der Waals surface area contributed by atoms with Gasteiger partial charge in [0.15, 0.2) is 0 Å². The minimum absolute atomic E-state index is 0.223. The SMILES string of the molecule is CC(C)(C)CCCC(O)CCCC(C)(C)OC=O. The van der Waals surface area contributed by atoms with Gasteiger partial charge in [0.2, 0.25) is 0 Å². The maximum absolute atomic E-state index is 10.3. The molecule has 1 unspecified atom stereocenters. The van der Waals surface area contributed by atoms with Gasteiger partial charge in [-0.05, 0) is 51.4 Å². The van der Waals surface area contributed by atoms with E-state index in [9.17, 15) is 9.90 Å². The molecule has 0 heterocycles. The van der Waals surface area contributed by atoms with Crippen molar-refractivity contribution in [2.24, 2.45) is 5.41 Å². The summed E-state index contributed by atoms with van der Waals surface area (Å²) in [7, 11) is 0. The summed E-state index contributed by atoms with van der Waals surface area (Å²) in [4.78, 5) is 10.3. The number of ether oxygens (including phenoxy) is 1. The predicted molar refractivity (Wildman–Crippen MR) is 74.4 cm³/mol. The second-order valence-corrected chi connectivity index (χ2v) is 6.97. The highest BCUT2D eigenvalue weighted by Gasteiger charge is 2.19. The van der Waals surface area contributed by atoms with Gasteiger partial charge in [-0.1, -0.05) is 27.2 Å². The van der Waals surface area contributed by atoms with Crippen LogP contribution in [0.15, 0.2) is 0 Å². The maximum atomic E-state index is 10.3. The standard InChI is InChI=1S/C15H30O3/c1-14(2,3)10-6-8-13(17)9-7-11-15(4,5)18-12-16/h12-13,17H,6-11H2,1-5H3. The maximum Gasteiger partial charge on any atom is 0.293 e. The first-order valence-electron chi connectivity index (χ1n) is 6.96. The van der Waals surface area contributed by atoms with Crippen molar-refractivity contribution < 1.29 is 14.6 Å². The first-order chi connectivity index (χ1) is 8.16. The van der Waals surface area contributed by atoms with Crippen molar-refractivity contribution in [3.05, 3.63) is 0 Å². The van der Waals surface area contributed by atoms with E-state index >= 15 is 0 Å². The zero-order valence-corrected chi connectivity index (χ0v) is 12.7. The number of aliphatic hydroxyl groups is 1. The molecule has 0 aromatic rings. The van der Waals surface area contributed by atoms with E-state index in [4.69, 9.17) is 4.74 Å². The van der Waals surface area contributed by atoms with Crippen LogP contribution in [-0.4, -0.2) is 23.3 Å². The molecular formula is C15H30O3. The topological polar surface area (TPSA) is 46.5 Å². The van der Waals surface area contributed by atoms with E-state index in [1.54, 1.807) is 0 Å². The van der Waals surface area contributed by atoms with Crippen LogP contribution in [0.3, 0.4) is 0 Å². The van der Waals surface area contributed by atoms with Crippen LogP contribution < -0.4 is 0 Å². The summed E-state index contributed by atoms with van der Waals surface area (Å²) >= 11 is 0. The molecule has 108 valence electrons. The molecule has 1 atom stereocenters. The summed E-state index contributed by atoms with van der Waals surface area (Å²) in [6.45, 7) is 11.0. The summed E-state index contributed by atoms with van der Waals surface area (Å²) in [5.74, 6) is 0. The molecule has 0 aromatic heterocycles. The number of aliphatic hydroxyl groups excluding tert-OH is 1. The van der Waals surface area contributed by atoms with Gasteiger partial charge in [0, 0.05) is 0 Å². The number of carbonyl (C=O) groups is 1. The molecule has 0 aliphatic heterocycles. The van der Waals surface area contributed by atoms with Crippen LogP contribution in [0.1, 0.15) is 73.1 Å². The Morgan fingerprint density at radius 2 is 1.56 bits per heavy atom. The molecule has 0 fully saturated rings. The van der Waals surface area contributed by atoms with Crippen molar-refractivity contribution >= 4 is 6.47 Å². The average Bonchev–Trinajstić information content (AvgIpc) is 2.14. The molecule has 0 aromatic carbocycles. The smallest absolute Gasteiger partial charge is 0.293 e. The lowest BCUT2D eigenvalue weighted by molar-refractivity contribution is -0.140. The molecule has 3 nitrogen and oxygen atoms in total. The van der Waals surface area contributed by atoms with Crippen molar-refractivity contribution in [1.29, 1.82) is 0 Å². The van der Waals surface area contributed by atoms with Crippen molar-refractivity contribution in [2.75, 3.05) is 0 Å². The third kappa shape index (κ3) is 10.6. The van der Waals surface area contributed by atoms with E-state index in [-0.39, 0.29) is 6.10 Å². The number of carbonyl (C=O) groups excluding carboxylic acids is 1. The Morgan fingerprint density at radius 3 is 2.00 bits per heavy atom. The number of hydrogen-bond donors (Lipinski definition) is 1. The first-order valence-corrected chi connectivity index (χ1v) is 6.96. The monoisotopic (exact) mass is 258 g/mol. The van der Waals surface area contributed by atoms with Crippen molar-refractivity contribution in [3.8, 4) is 0 Å². The van der Waals surface area contributed by atoms with Crippen LogP contribution in [0.2, 0.25) is 0 Å². The molecule has 0 aliphatic rings. The summed E-state index contributed by atoms with van der Waals surface area (Å²) in [6.07, 6.45) is 5.32. The fourth-order valence-electron chi connectivity index (χ4n) is 1.96.